The van der Waals surface area contributed by atoms with Gasteiger partial charge >= 0.3 is 121 Å². The van der Waals surface area contributed by atoms with Crippen molar-refractivity contribution in [2.45, 2.75) is 0 Å². The Balaban J connectivity index is -0.0000000300. The fourth-order valence-electron chi connectivity index (χ4n) is 0. The molecule has 0 aliphatic rings. The predicted octanol–water partition coefficient (Wildman–Crippen LogP) is -4.52. The molecule has 6 nitrogen and oxygen atoms in total. The molecule has 0 aromatic carbocycles. The topological polar surface area (TPSA) is 115 Å². The van der Waals surface area contributed by atoms with Crippen LogP contribution >= 0.6 is 0 Å². The minimum absolute atomic E-state index is 0. The summed E-state index contributed by atoms with van der Waals surface area (Å²) in [6.07, 6.45) is 0. The van der Waals surface area contributed by atoms with E-state index in [9.17, 15) is 0 Å². The Kier molecular flexibility index (Phi) is 40.2. The molecule has 0 rings (SSSR count). The van der Waals surface area contributed by atoms with Gasteiger partial charge in [-0.05, 0) is 0 Å². The summed E-state index contributed by atoms with van der Waals surface area (Å²) in [6.45, 7) is 0. The van der Waals surface area contributed by atoms with Crippen LogP contribution in [0.3, 0.4) is 0 Å². The Bertz CT molecular complexity index is 71.7. The summed E-state index contributed by atoms with van der Waals surface area (Å²) in [4.78, 5) is 28.6. The van der Waals surface area contributed by atoms with Crippen LogP contribution in [-0.2, 0) is 8.92 Å². The molecule has 0 aliphatic carbocycles. The van der Waals surface area contributed by atoms with Crippen LogP contribution in [0.5, 0.6) is 0 Å². The van der Waals surface area contributed by atoms with Crippen molar-refractivity contribution in [2.75, 3.05) is 0 Å². The van der Waals surface area contributed by atoms with Crippen LogP contribution < -0.4 is 0 Å². The molecule has 10 heavy (non-hydrogen) atoms. The minimum atomic E-state index is -3.13. The third-order valence-electron chi connectivity index (χ3n) is 0. The van der Waals surface area contributed by atoms with E-state index in [1.165, 1.54) is 0 Å². The molecule has 0 amide bonds. The van der Waals surface area contributed by atoms with Gasteiger partial charge in [0.2, 0.25) is 0 Å². The van der Waals surface area contributed by atoms with Gasteiger partial charge in [-0.2, -0.15) is 0 Å². The quantitative estimate of drug-likeness (QED) is 0.315. The van der Waals surface area contributed by atoms with Gasteiger partial charge in [0.25, 0.3) is 0 Å². The first-order valence-corrected chi connectivity index (χ1v) is 3.91. The average Bonchev–Trinajstić information content (AvgIpc) is 1.25. The van der Waals surface area contributed by atoms with Crippen molar-refractivity contribution in [3.05, 3.63) is 0 Å². The van der Waals surface area contributed by atoms with Gasteiger partial charge in [0, 0.05) is 0 Å². The summed E-state index contributed by atoms with van der Waals surface area (Å²) >= 11 is 0. The van der Waals surface area contributed by atoms with Crippen molar-refractivity contribution < 1.29 is 28.1 Å². The molecule has 10 heteroatoms. The van der Waals surface area contributed by atoms with Crippen molar-refractivity contribution >= 4 is 121 Å². The van der Waals surface area contributed by atoms with E-state index in [2.05, 4.69) is 0 Å². The molecule has 52 valence electrons. The van der Waals surface area contributed by atoms with E-state index in [1.54, 1.807) is 0 Å². The van der Waals surface area contributed by atoms with Crippen LogP contribution in [0, 0.1) is 0 Å². The Morgan fingerprint density at radius 2 is 0.700 bits per heavy atom. The first-order chi connectivity index (χ1) is 3.46. The normalized spacial score (nSPS) is 4.80. The molecule has 0 aromatic rings. The van der Waals surface area contributed by atoms with Crippen LogP contribution in [0.4, 0.5) is 0 Å². The monoisotopic (exact) mass is 236 g/mol. The van der Waals surface area contributed by atoms with Crippen LogP contribution in [0.25, 0.3) is 0 Å². The Morgan fingerprint density at radius 3 is 0.700 bits per heavy atom. The maximum atomic E-state index is 8.74. The molecular weight excluding hydrogens is 230 g/mol. The molecule has 0 saturated carbocycles. The van der Waals surface area contributed by atoms with Crippen LogP contribution in [0.2, 0.25) is 0 Å². The van der Waals surface area contributed by atoms with Crippen molar-refractivity contribution in [2.24, 2.45) is 0 Å². The summed E-state index contributed by atoms with van der Waals surface area (Å²) < 4.78 is 17.5. The van der Waals surface area contributed by atoms with E-state index < -0.39 is 18.3 Å². The zero-order chi connectivity index (χ0) is 7.15. The van der Waals surface area contributed by atoms with Crippen molar-refractivity contribution in [1.29, 1.82) is 0 Å². The molecule has 0 fully saturated rings. The first-order valence-electron chi connectivity index (χ1n) is 1.30. The molecule has 0 atom stereocenters. The number of hydrogen-bond donors (Lipinski definition) is 4. The Labute approximate surface area is 145 Å². The first kappa shape index (κ1) is 22.9. The molecule has 0 aromatic heterocycles. The van der Waals surface area contributed by atoms with Gasteiger partial charge in [0.05, 0.1) is 0 Å². The Morgan fingerprint density at radius 1 is 0.700 bits per heavy atom. The average molecular weight is 236 g/mol. The van der Waals surface area contributed by atoms with E-state index in [4.69, 9.17) is 28.1 Å². The Hall–Kier alpha value is 2.51. The molecule has 0 spiro atoms. The summed E-state index contributed by atoms with van der Waals surface area (Å²) in [5.41, 5.74) is 0. The summed E-state index contributed by atoms with van der Waals surface area (Å²) in [7, 11) is -6.26. The van der Waals surface area contributed by atoms with Crippen molar-refractivity contribution in [1.82, 2.24) is 0 Å². The van der Waals surface area contributed by atoms with Crippen molar-refractivity contribution in [3.8, 4) is 0 Å². The second-order valence-corrected chi connectivity index (χ2v) is 1.70. The van der Waals surface area contributed by atoms with E-state index in [0.717, 1.165) is 0 Å². The molecule has 0 heterocycles. The van der Waals surface area contributed by atoms with Crippen molar-refractivity contribution in [3.63, 3.8) is 0 Å². The van der Waals surface area contributed by atoms with Gasteiger partial charge in [0.1, 0.15) is 0 Å². The third kappa shape index (κ3) is 151. The molecule has 0 saturated heterocycles. The van der Waals surface area contributed by atoms with Gasteiger partial charge in [0.15, 0.2) is 0 Å². The standard InChI is InChI=1S/2K.2H2O3Si.2H/c;;2*1-4(2)3;;/h;;2*1-2H;;. The summed E-state index contributed by atoms with van der Waals surface area (Å²) in [5.74, 6) is 0. The fraction of sp³-hybridized carbons (Fsp3) is 0. The van der Waals surface area contributed by atoms with Gasteiger partial charge in [-0.15, -0.1) is 0 Å². The van der Waals surface area contributed by atoms with E-state index in [1.807, 2.05) is 0 Å². The summed E-state index contributed by atoms with van der Waals surface area (Å²) in [6, 6.07) is 0. The zero-order valence-electron chi connectivity index (χ0n) is 3.61. The second-order valence-electron chi connectivity index (χ2n) is 0.565. The van der Waals surface area contributed by atoms with Gasteiger partial charge < -0.3 is 19.2 Å². The molecule has 0 bridgehead atoms. The van der Waals surface area contributed by atoms with Crippen LogP contribution in [-0.4, -0.2) is 140 Å². The molecular formula is H6K2O6Si2. The van der Waals surface area contributed by atoms with E-state index in [0.29, 0.717) is 0 Å². The third-order valence-corrected chi connectivity index (χ3v) is 0. The number of rotatable bonds is 0. The summed E-state index contributed by atoms with van der Waals surface area (Å²) in [5, 5.41) is 0. The van der Waals surface area contributed by atoms with Crippen LogP contribution in [0.1, 0.15) is 0 Å². The van der Waals surface area contributed by atoms with E-state index >= 15 is 0 Å². The number of hydrogen-bond acceptors (Lipinski definition) is 2. The van der Waals surface area contributed by atoms with Gasteiger partial charge in [-0.1, -0.05) is 0 Å². The molecule has 0 unspecified atom stereocenters. The van der Waals surface area contributed by atoms with Gasteiger partial charge in [-0.25, -0.2) is 0 Å². The SMILES string of the molecule is O=[Si](O)O.O=[Si](O)O.[KH].[KH]. The second kappa shape index (κ2) is 17.6. The maximum absolute atomic E-state index is 8.74. The molecule has 0 aliphatic heterocycles. The fourth-order valence-corrected chi connectivity index (χ4v) is 0. The zero-order valence-corrected chi connectivity index (χ0v) is 5.61. The predicted molar refractivity (Wildman–Crippen MR) is 36.1 cm³/mol. The molecule has 0 radical (unpaired) electrons. The van der Waals surface area contributed by atoms with Gasteiger partial charge in [-0.3, -0.25) is 8.92 Å². The molecule has 4 N–H and O–H groups in total. The van der Waals surface area contributed by atoms with E-state index in [-0.39, 0.29) is 103 Å². The van der Waals surface area contributed by atoms with Crippen LogP contribution in [0.15, 0.2) is 0 Å².